The molecule has 0 radical (unpaired) electrons. The van der Waals surface area contributed by atoms with E-state index in [9.17, 15) is 19.3 Å². The van der Waals surface area contributed by atoms with Gasteiger partial charge in [-0.05, 0) is 32.8 Å². The van der Waals surface area contributed by atoms with Crippen LogP contribution in [0.4, 0.5) is 15.8 Å². The average molecular weight is 281 g/mol. The Kier molecular flexibility index (Phi) is 3.37. The summed E-state index contributed by atoms with van der Waals surface area (Å²) in [6.45, 7) is 4.25. The second-order valence-electron chi connectivity index (χ2n) is 5.49. The van der Waals surface area contributed by atoms with Crippen molar-refractivity contribution < 1.29 is 14.1 Å². The van der Waals surface area contributed by atoms with Crippen LogP contribution >= 0.6 is 0 Å². The van der Waals surface area contributed by atoms with E-state index in [0.29, 0.717) is 6.54 Å². The van der Waals surface area contributed by atoms with E-state index in [2.05, 4.69) is 0 Å². The van der Waals surface area contributed by atoms with Crippen LogP contribution in [0.3, 0.4) is 0 Å². The Morgan fingerprint density at radius 2 is 2.15 bits per heavy atom. The maximum Gasteiger partial charge on any atom is 0.293 e. The lowest BCUT2D eigenvalue weighted by Crippen LogP contribution is -2.43. The van der Waals surface area contributed by atoms with Crippen molar-refractivity contribution in [1.29, 1.82) is 0 Å². The van der Waals surface area contributed by atoms with Gasteiger partial charge in [0.25, 0.3) is 11.6 Å². The summed E-state index contributed by atoms with van der Waals surface area (Å²) in [7, 11) is 0. The Morgan fingerprint density at radius 3 is 2.65 bits per heavy atom. The number of amides is 1. The van der Waals surface area contributed by atoms with Gasteiger partial charge in [-0.15, -0.1) is 0 Å². The van der Waals surface area contributed by atoms with Crippen molar-refractivity contribution >= 4 is 17.3 Å². The number of carbonyl (C=O) groups excluding carboxylic acids is 1. The van der Waals surface area contributed by atoms with Gasteiger partial charge in [-0.25, -0.2) is 4.39 Å². The number of nitrogens with two attached hydrogens (primary N) is 1. The first-order chi connectivity index (χ1) is 9.25. The molecule has 1 aromatic carbocycles. The lowest BCUT2D eigenvalue weighted by atomic mass is 10.0. The fraction of sp³-hybridized carbons (Fsp3) is 0.462. The first-order valence-electron chi connectivity index (χ1n) is 6.30. The number of nitro groups is 1. The zero-order chi connectivity index (χ0) is 15.1. The molecule has 6 nitrogen and oxygen atoms in total. The van der Waals surface area contributed by atoms with Crippen molar-refractivity contribution in [1.82, 2.24) is 4.90 Å². The number of carbonyl (C=O) groups is 1. The van der Waals surface area contributed by atoms with Crippen LogP contribution in [0.1, 0.15) is 37.0 Å². The molecule has 1 aromatic rings. The van der Waals surface area contributed by atoms with E-state index >= 15 is 0 Å². The van der Waals surface area contributed by atoms with E-state index in [1.165, 1.54) is 4.90 Å². The van der Waals surface area contributed by atoms with Gasteiger partial charge in [0.05, 0.1) is 4.92 Å². The molecule has 0 aliphatic carbocycles. The van der Waals surface area contributed by atoms with Crippen molar-refractivity contribution in [2.75, 3.05) is 12.3 Å². The zero-order valence-corrected chi connectivity index (χ0v) is 11.4. The first kappa shape index (κ1) is 14.2. The molecule has 1 amide bonds. The number of likely N-dealkylation sites (tertiary alicyclic amines) is 1. The minimum atomic E-state index is -0.833. The summed E-state index contributed by atoms with van der Waals surface area (Å²) in [5.74, 6) is -1.42. The van der Waals surface area contributed by atoms with Crippen LogP contribution in [-0.2, 0) is 0 Å². The van der Waals surface area contributed by atoms with Gasteiger partial charge >= 0.3 is 0 Å². The standard InChI is InChI=1S/C13H16FN3O3/c1-13(2)6-3-7-16(13)12(18)10-8(14)4-5-9(11(10)15)17(19)20/h4-5H,3,6-7,15H2,1-2H3. The molecule has 0 unspecified atom stereocenters. The predicted octanol–water partition coefficient (Wildman–Crippen LogP) is 2.33. The van der Waals surface area contributed by atoms with Gasteiger partial charge in [0, 0.05) is 18.2 Å². The van der Waals surface area contributed by atoms with Gasteiger partial charge in [-0.3, -0.25) is 14.9 Å². The van der Waals surface area contributed by atoms with Crippen LogP contribution in [0.2, 0.25) is 0 Å². The highest BCUT2D eigenvalue weighted by molar-refractivity contribution is 6.01. The number of rotatable bonds is 2. The number of hydrogen-bond donors (Lipinski definition) is 1. The normalized spacial score (nSPS) is 17.2. The van der Waals surface area contributed by atoms with Crippen LogP contribution in [0.15, 0.2) is 12.1 Å². The van der Waals surface area contributed by atoms with E-state index in [1.807, 2.05) is 13.8 Å². The molecule has 20 heavy (non-hydrogen) atoms. The summed E-state index contributed by atoms with van der Waals surface area (Å²) in [5, 5.41) is 10.8. The summed E-state index contributed by atoms with van der Waals surface area (Å²) in [5.41, 5.74) is 3.94. The van der Waals surface area contributed by atoms with Crippen molar-refractivity contribution in [3.63, 3.8) is 0 Å². The smallest absolute Gasteiger partial charge is 0.293 e. The maximum atomic E-state index is 13.9. The predicted molar refractivity (Wildman–Crippen MR) is 71.8 cm³/mol. The van der Waals surface area contributed by atoms with Crippen molar-refractivity contribution in [3.8, 4) is 0 Å². The summed E-state index contributed by atoms with van der Waals surface area (Å²) in [4.78, 5) is 24.1. The molecule has 7 heteroatoms. The Bertz CT molecular complexity index is 586. The second-order valence-corrected chi connectivity index (χ2v) is 5.49. The third-order valence-corrected chi connectivity index (χ3v) is 3.73. The van der Waals surface area contributed by atoms with Gasteiger partial charge in [-0.2, -0.15) is 0 Å². The Morgan fingerprint density at radius 1 is 1.50 bits per heavy atom. The number of nitro benzene ring substituents is 1. The summed E-state index contributed by atoms with van der Waals surface area (Å²) >= 11 is 0. The monoisotopic (exact) mass is 281 g/mol. The minimum Gasteiger partial charge on any atom is -0.392 e. The van der Waals surface area contributed by atoms with Gasteiger partial charge < -0.3 is 10.6 Å². The molecule has 0 bridgehead atoms. The number of benzene rings is 1. The van der Waals surface area contributed by atoms with E-state index in [-0.39, 0.29) is 0 Å². The molecular formula is C13H16FN3O3. The Hall–Kier alpha value is -2.18. The molecule has 0 spiro atoms. The highest BCUT2D eigenvalue weighted by Gasteiger charge is 2.38. The van der Waals surface area contributed by atoms with Gasteiger partial charge in [0.15, 0.2) is 0 Å². The van der Waals surface area contributed by atoms with Gasteiger partial charge in [0.1, 0.15) is 17.1 Å². The Balaban J connectivity index is 2.50. The van der Waals surface area contributed by atoms with Crippen molar-refractivity contribution in [2.45, 2.75) is 32.2 Å². The highest BCUT2D eigenvalue weighted by atomic mass is 19.1. The van der Waals surface area contributed by atoms with E-state index in [4.69, 9.17) is 5.73 Å². The third kappa shape index (κ3) is 2.19. The molecule has 0 saturated carbocycles. The molecule has 1 saturated heterocycles. The fourth-order valence-corrected chi connectivity index (χ4v) is 2.58. The highest BCUT2D eigenvalue weighted by Crippen LogP contribution is 2.34. The largest absolute Gasteiger partial charge is 0.392 e. The molecule has 2 N–H and O–H groups in total. The quantitative estimate of drug-likeness (QED) is 0.512. The fourth-order valence-electron chi connectivity index (χ4n) is 2.58. The number of nitrogens with zero attached hydrogens (tertiary/aromatic N) is 2. The number of halogens is 1. The minimum absolute atomic E-state index is 0.402. The molecule has 108 valence electrons. The van der Waals surface area contributed by atoms with Crippen molar-refractivity contribution in [3.05, 3.63) is 33.6 Å². The van der Waals surface area contributed by atoms with E-state index in [1.54, 1.807) is 0 Å². The molecular weight excluding hydrogens is 265 g/mol. The van der Waals surface area contributed by atoms with E-state index < -0.39 is 39.1 Å². The number of nitrogen functional groups attached to an aromatic ring is 1. The summed E-state index contributed by atoms with van der Waals surface area (Å²) < 4.78 is 13.9. The lowest BCUT2D eigenvalue weighted by molar-refractivity contribution is -0.384. The van der Waals surface area contributed by atoms with Crippen LogP contribution < -0.4 is 5.73 Å². The molecule has 1 aliphatic rings. The van der Waals surface area contributed by atoms with Crippen LogP contribution in [-0.4, -0.2) is 27.8 Å². The first-order valence-corrected chi connectivity index (χ1v) is 6.30. The van der Waals surface area contributed by atoms with Crippen LogP contribution in [0.5, 0.6) is 0 Å². The zero-order valence-electron chi connectivity index (χ0n) is 11.4. The molecule has 0 aromatic heterocycles. The molecule has 1 fully saturated rings. The van der Waals surface area contributed by atoms with Crippen LogP contribution in [0.25, 0.3) is 0 Å². The molecule has 0 atom stereocenters. The summed E-state index contributed by atoms with van der Waals surface area (Å²) in [6, 6.07) is 1.88. The average Bonchev–Trinajstić information content (AvgIpc) is 2.68. The van der Waals surface area contributed by atoms with Crippen LogP contribution in [0, 0.1) is 15.9 Å². The Labute approximate surface area is 115 Å². The number of hydrogen-bond acceptors (Lipinski definition) is 4. The topological polar surface area (TPSA) is 89.5 Å². The van der Waals surface area contributed by atoms with Gasteiger partial charge in [-0.1, -0.05) is 0 Å². The second kappa shape index (κ2) is 4.73. The van der Waals surface area contributed by atoms with Gasteiger partial charge in [0.2, 0.25) is 0 Å². The van der Waals surface area contributed by atoms with E-state index in [0.717, 1.165) is 25.0 Å². The number of anilines is 1. The molecule has 2 rings (SSSR count). The molecule has 1 heterocycles. The third-order valence-electron chi connectivity index (χ3n) is 3.73. The summed E-state index contributed by atoms with van der Waals surface area (Å²) in [6.07, 6.45) is 1.62. The SMILES string of the molecule is CC1(C)CCCN1C(=O)c1c(F)ccc([N+](=O)[O-])c1N. The maximum absolute atomic E-state index is 13.9. The van der Waals surface area contributed by atoms with Crippen molar-refractivity contribution in [2.24, 2.45) is 0 Å². The molecule has 1 aliphatic heterocycles. The lowest BCUT2D eigenvalue weighted by Gasteiger charge is -2.32.